The lowest BCUT2D eigenvalue weighted by Gasteiger charge is -2.36. The van der Waals surface area contributed by atoms with Gasteiger partial charge in [-0.2, -0.15) is 0 Å². The molecule has 0 saturated heterocycles. The molecule has 0 aromatic carbocycles. The summed E-state index contributed by atoms with van der Waals surface area (Å²) >= 11 is 0. The number of carbonyl (C=O) groups is 1. The highest BCUT2D eigenvalue weighted by Crippen LogP contribution is 2.28. The molecule has 1 saturated carbocycles. The Morgan fingerprint density at radius 1 is 1.42 bits per heavy atom. The fraction of sp³-hybridized carbons (Fsp3) is 0.643. The van der Waals surface area contributed by atoms with Crippen LogP contribution in [0.2, 0.25) is 0 Å². The average molecular weight is 266 g/mol. The van der Waals surface area contributed by atoms with Gasteiger partial charge in [0.1, 0.15) is 5.69 Å². The van der Waals surface area contributed by atoms with E-state index in [2.05, 4.69) is 15.0 Å². The lowest BCUT2D eigenvalue weighted by atomic mass is 9.82. The Bertz CT molecular complexity index is 422. The largest absolute Gasteiger partial charge is 0.464 e. The molecule has 1 aromatic rings. The van der Waals surface area contributed by atoms with E-state index in [1.54, 1.807) is 6.07 Å². The number of nitrogens with one attached hydrogen (secondary N) is 2. The zero-order chi connectivity index (χ0) is 13.7. The molecule has 1 heterocycles. The molecule has 0 radical (unpaired) electrons. The van der Waals surface area contributed by atoms with Gasteiger partial charge >= 0.3 is 5.97 Å². The van der Waals surface area contributed by atoms with E-state index in [-0.39, 0.29) is 18.1 Å². The quantitative estimate of drug-likeness (QED) is 0.707. The number of aromatic amines is 1. The summed E-state index contributed by atoms with van der Waals surface area (Å²) in [6.07, 6.45) is 5.58. The maximum Gasteiger partial charge on any atom is 0.354 e. The maximum absolute atomic E-state index is 11.3. The molecule has 0 aliphatic heterocycles. The highest BCUT2D eigenvalue weighted by molar-refractivity contribution is 5.87. The van der Waals surface area contributed by atoms with E-state index in [1.807, 2.05) is 6.07 Å². The number of H-pyrrole nitrogens is 1. The topological polar surface area (TPSA) is 74.3 Å². The molecule has 0 atom stereocenters. The number of aromatic nitrogens is 1. The first-order chi connectivity index (χ1) is 9.19. The fourth-order valence-electron chi connectivity index (χ4n) is 2.67. The molecule has 106 valence electrons. The van der Waals surface area contributed by atoms with Gasteiger partial charge in [-0.25, -0.2) is 4.79 Å². The van der Waals surface area contributed by atoms with Crippen LogP contribution in [0.5, 0.6) is 0 Å². The minimum absolute atomic E-state index is 0.158. The predicted molar refractivity (Wildman–Crippen MR) is 71.9 cm³/mol. The molecule has 19 heavy (non-hydrogen) atoms. The van der Waals surface area contributed by atoms with Gasteiger partial charge in [0.25, 0.3) is 0 Å². The van der Waals surface area contributed by atoms with Gasteiger partial charge in [0, 0.05) is 17.8 Å². The number of esters is 1. The van der Waals surface area contributed by atoms with E-state index in [1.165, 1.54) is 13.5 Å². The van der Waals surface area contributed by atoms with Crippen LogP contribution in [0.15, 0.2) is 12.1 Å². The van der Waals surface area contributed by atoms with Crippen molar-refractivity contribution in [2.75, 3.05) is 13.7 Å². The number of methoxy groups -OCH3 is 1. The van der Waals surface area contributed by atoms with Gasteiger partial charge in [0.15, 0.2) is 0 Å². The first kappa shape index (κ1) is 14.1. The van der Waals surface area contributed by atoms with E-state index < -0.39 is 0 Å². The van der Waals surface area contributed by atoms with Gasteiger partial charge < -0.3 is 20.1 Å². The highest BCUT2D eigenvalue weighted by atomic mass is 16.5. The van der Waals surface area contributed by atoms with Gasteiger partial charge in [0.2, 0.25) is 0 Å². The zero-order valence-corrected chi connectivity index (χ0v) is 11.4. The van der Waals surface area contributed by atoms with Crippen molar-refractivity contribution in [3.63, 3.8) is 0 Å². The second-order valence-corrected chi connectivity index (χ2v) is 5.24. The first-order valence-corrected chi connectivity index (χ1v) is 6.81. The standard InChI is InChI=1S/C14H22N2O3/c1-19-13(18)12-6-5-11(16-12)9-15-14(10-17)7-3-2-4-8-14/h5-6,15-17H,2-4,7-10H2,1H3. The van der Waals surface area contributed by atoms with Crippen LogP contribution >= 0.6 is 0 Å². The number of hydrogen-bond acceptors (Lipinski definition) is 4. The second kappa shape index (κ2) is 6.21. The van der Waals surface area contributed by atoms with Crippen molar-refractivity contribution in [1.82, 2.24) is 10.3 Å². The van der Waals surface area contributed by atoms with Gasteiger partial charge in [-0.05, 0) is 25.0 Å². The Labute approximate surface area is 113 Å². The van der Waals surface area contributed by atoms with Crippen LogP contribution in [0.4, 0.5) is 0 Å². The number of aliphatic hydroxyl groups excluding tert-OH is 1. The van der Waals surface area contributed by atoms with Crippen molar-refractivity contribution in [2.45, 2.75) is 44.2 Å². The van der Waals surface area contributed by atoms with Gasteiger partial charge in [0.05, 0.1) is 13.7 Å². The zero-order valence-electron chi connectivity index (χ0n) is 11.4. The molecule has 1 fully saturated rings. The smallest absolute Gasteiger partial charge is 0.354 e. The predicted octanol–water partition coefficient (Wildman–Crippen LogP) is 1.59. The third kappa shape index (κ3) is 3.36. The molecule has 1 aliphatic carbocycles. The molecular weight excluding hydrogens is 244 g/mol. The summed E-state index contributed by atoms with van der Waals surface area (Å²) < 4.78 is 4.65. The molecule has 5 nitrogen and oxygen atoms in total. The number of ether oxygens (including phenoxy) is 1. The number of hydrogen-bond donors (Lipinski definition) is 3. The Balaban J connectivity index is 1.93. The molecule has 0 bridgehead atoms. The number of aliphatic hydroxyl groups is 1. The summed E-state index contributed by atoms with van der Waals surface area (Å²) in [6.45, 7) is 0.787. The normalized spacial score (nSPS) is 18.2. The van der Waals surface area contributed by atoms with Crippen molar-refractivity contribution >= 4 is 5.97 Å². The molecule has 0 spiro atoms. The van der Waals surface area contributed by atoms with Gasteiger partial charge in [-0.15, -0.1) is 0 Å². The summed E-state index contributed by atoms with van der Waals surface area (Å²) in [4.78, 5) is 14.4. The Morgan fingerprint density at radius 2 is 2.16 bits per heavy atom. The van der Waals surface area contributed by atoms with Gasteiger partial charge in [-0.1, -0.05) is 19.3 Å². The molecule has 0 amide bonds. The number of carbonyl (C=O) groups excluding carboxylic acids is 1. The molecule has 1 aliphatic rings. The lowest BCUT2D eigenvalue weighted by Crippen LogP contribution is -2.49. The van der Waals surface area contributed by atoms with E-state index in [0.717, 1.165) is 31.4 Å². The summed E-state index contributed by atoms with van der Waals surface area (Å²) in [5.74, 6) is -0.360. The van der Waals surface area contributed by atoms with Crippen molar-refractivity contribution in [3.8, 4) is 0 Å². The fourth-order valence-corrected chi connectivity index (χ4v) is 2.67. The molecule has 5 heteroatoms. The second-order valence-electron chi connectivity index (χ2n) is 5.24. The third-order valence-corrected chi connectivity index (χ3v) is 3.92. The van der Waals surface area contributed by atoms with Gasteiger partial charge in [-0.3, -0.25) is 0 Å². The van der Waals surface area contributed by atoms with E-state index in [9.17, 15) is 9.90 Å². The van der Waals surface area contributed by atoms with E-state index in [0.29, 0.717) is 12.2 Å². The van der Waals surface area contributed by atoms with Crippen LogP contribution in [-0.2, 0) is 11.3 Å². The van der Waals surface area contributed by atoms with Crippen molar-refractivity contribution in [2.24, 2.45) is 0 Å². The Hall–Kier alpha value is -1.33. The summed E-state index contributed by atoms with van der Waals surface area (Å²) in [6, 6.07) is 3.59. The van der Waals surface area contributed by atoms with E-state index in [4.69, 9.17) is 0 Å². The van der Waals surface area contributed by atoms with Crippen LogP contribution in [0, 0.1) is 0 Å². The average Bonchev–Trinajstić information content (AvgIpc) is 2.94. The molecule has 2 rings (SSSR count). The highest BCUT2D eigenvalue weighted by Gasteiger charge is 2.30. The first-order valence-electron chi connectivity index (χ1n) is 6.81. The summed E-state index contributed by atoms with van der Waals surface area (Å²) in [5, 5.41) is 13.0. The van der Waals surface area contributed by atoms with Crippen LogP contribution in [-0.4, -0.2) is 35.3 Å². The van der Waals surface area contributed by atoms with Crippen LogP contribution in [0.1, 0.15) is 48.3 Å². The summed E-state index contributed by atoms with van der Waals surface area (Å²) in [7, 11) is 1.36. The third-order valence-electron chi connectivity index (χ3n) is 3.92. The summed E-state index contributed by atoms with van der Waals surface area (Å²) in [5.41, 5.74) is 1.23. The van der Waals surface area contributed by atoms with Crippen molar-refractivity contribution < 1.29 is 14.6 Å². The minimum Gasteiger partial charge on any atom is -0.464 e. The lowest BCUT2D eigenvalue weighted by molar-refractivity contribution is 0.0594. The SMILES string of the molecule is COC(=O)c1ccc(CNC2(CO)CCCCC2)[nH]1. The molecule has 3 N–H and O–H groups in total. The molecule has 1 aromatic heterocycles. The van der Waals surface area contributed by atoms with Crippen molar-refractivity contribution in [1.29, 1.82) is 0 Å². The molecular formula is C14H22N2O3. The Morgan fingerprint density at radius 3 is 2.79 bits per heavy atom. The van der Waals surface area contributed by atoms with Crippen LogP contribution in [0.3, 0.4) is 0 Å². The Kier molecular flexibility index (Phi) is 4.61. The monoisotopic (exact) mass is 266 g/mol. The van der Waals surface area contributed by atoms with E-state index >= 15 is 0 Å². The van der Waals surface area contributed by atoms with Crippen molar-refractivity contribution in [3.05, 3.63) is 23.5 Å². The maximum atomic E-state index is 11.3. The number of rotatable bonds is 5. The van der Waals surface area contributed by atoms with Crippen LogP contribution < -0.4 is 5.32 Å². The molecule has 0 unspecified atom stereocenters. The van der Waals surface area contributed by atoms with Crippen LogP contribution in [0.25, 0.3) is 0 Å². The minimum atomic E-state index is -0.360.